The molecule has 1 fully saturated rings. The number of amides is 2. The summed E-state index contributed by atoms with van der Waals surface area (Å²) < 4.78 is 6.47. The molecular weight excluding hydrogens is 362 g/mol. The van der Waals surface area contributed by atoms with E-state index in [1.807, 2.05) is 6.92 Å². The highest BCUT2D eigenvalue weighted by Gasteiger charge is 2.60. The maximum atomic E-state index is 13.4. The number of imide groups is 1. The van der Waals surface area contributed by atoms with Crippen molar-refractivity contribution >= 4 is 11.8 Å². The second-order valence-electron chi connectivity index (χ2n) is 11.6. The smallest absolute Gasteiger partial charge is 0.233 e. The van der Waals surface area contributed by atoms with E-state index in [-0.39, 0.29) is 51.9 Å². The largest absolute Gasteiger partial charge is 0.378 e. The lowest BCUT2D eigenvalue weighted by atomic mass is 9.54. The zero-order valence-corrected chi connectivity index (χ0v) is 21.0. The van der Waals surface area contributed by atoms with Crippen LogP contribution >= 0.6 is 0 Å². The second-order valence-corrected chi connectivity index (χ2v) is 11.6. The quantitative estimate of drug-likeness (QED) is 0.331. The molecule has 0 radical (unpaired) electrons. The van der Waals surface area contributed by atoms with Crippen molar-refractivity contribution in [2.24, 2.45) is 34.0 Å². The van der Waals surface area contributed by atoms with Gasteiger partial charge in [-0.15, -0.1) is 0 Å². The Balaban J connectivity index is 3.38. The summed E-state index contributed by atoms with van der Waals surface area (Å²) in [6.07, 6.45) is 3.08. The number of unbranched alkanes of at least 4 members (excludes halogenated alkanes) is 1. The Hall–Kier alpha value is -0.900. The molecule has 0 aromatic carbocycles. The number of ether oxygens (including phenoxy) is 1. The zero-order valence-electron chi connectivity index (χ0n) is 21.0. The van der Waals surface area contributed by atoms with Crippen molar-refractivity contribution in [3.8, 4) is 0 Å². The Morgan fingerprint density at radius 1 is 0.966 bits per heavy atom. The molecule has 0 aromatic rings. The molecule has 3 unspecified atom stereocenters. The lowest BCUT2D eigenvalue weighted by Crippen LogP contribution is -2.52. The van der Waals surface area contributed by atoms with Crippen LogP contribution in [0.2, 0.25) is 0 Å². The van der Waals surface area contributed by atoms with E-state index in [1.54, 1.807) is 0 Å². The van der Waals surface area contributed by atoms with Crippen LogP contribution in [0.5, 0.6) is 0 Å². The summed E-state index contributed by atoms with van der Waals surface area (Å²) in [6.45, 7) is 24.9. The molecule has 3 atom stereocenters. The number of carbonyl (C=O) groups is 2. The first-order chi connectivity index (χ1) is 13.1. The Bertz CT molecular complexity index is 571. The minimum atomic E-state index is -0.388. The molecule has 170 valence electrons. The molecule has 0 bridgehead atoms. The average molecular weight is 410 g/mol. The van der Waals surface area contributed by atoms with Gasteiger partial charge in [-0.1, -0.05) is 75.7 Å². The van der Waals surface area contributed by atoms with Gasteiger partial charge in [0.25, 0.3) is 0 Å². The van der Waals surface area contributed by atoms with E-state index in [1.165, 1.54) is 4.90 Å². The minimum absolute atomic E-state index is 0.000600. The molecule has 1 saturated heterocycles. The SMILES string of the molecule is CCCCOC(CC(C)(C)C)C(C)(C)C(C)(C)C1C(=O)N(CC)C(=O)C1C(C)C. The molecular formula is C25H47NO3. The molecule has 29 heavy (non-hydrogen) atoms. The normalized spacial score (nSPS) is 22.7. The van der Waals surface area contributed by atoms with Crippen LogP contribution in [-0.4, -0.2) is 36.0 Å². The highest BCUT2D eigenvalue weighted by molar-refractivity contribution is 6.05. The average Bonchev–Trinajstić information content (AvgIpc) is 2.83. The fourth-order valence-corrected chi connectivity index (χ4v) is 4.76. The molecule has 1 heterocycles. The molecule has 2 amide bonds. The maximum absolute atomic E-state index is 13.4. The van der Waals surface area contributed by atoms with E-state index in [2.05, 4.69) is 69.2 Å². The van der Waals surface area contributed by atoms with Crippen molar-refractivity contribution in [1.29, 1.82) is 0 Å². The highest BCUT2D eigenvalue weighted by atomic mass is 16.5. The van der Waals surface area contributed by atoms with Gasteiger partial charge < -0.3 is 4.74 Å². The third-order valence-corrected chi connectivity index (χ3v) is 7.33. The van der Waals surface area contributed by atoms with E-state index < -0.39 is 0 Å². The molecule has 0 aliphatic carbocycles. The van der Waals surface area contributed by atoms with Crippen LogP contribution in [-0.2, 0) is 14.3 Å². The number of likely N-dealkylation sites (tertiary alicyclic amines) is 1. The van der Waals surface area contributed by atoms with Gasteiger partial charge in [0.1, 0.15) is 0 Å². The van der Waals surface area contributed by atoms with Crippen LogP contribution in [0.3, 0.4) is 0 Å². The Labute approximate surface area is 180 Å². The van der Waals surface area contributed by atoms with Crippen molar-refractivity contribution in [2.45, 2.75) is 102 Å². The standard InChI is InChI=1S/C25H47NO3/c1-12-14-15-29-18(16-23(5,6)7)24(8,9)25(10,11)20-19(17(3)4)21(27)26(13-2)22(20)28/h17-20H,12-16H2,1-11H3. The Morgan fingerprint density at radius 3 is 1.93 bits per heavy atom. The van der Waals surface area contributed by atoms with Crippen molar-refractivity contribution in [2.75, 3.05) is 13.2 Å². The summed E-state index contributed by atoms with van der Waals surface area (Å²) in [7, 11) is 0. The van der Waals surface area contributed by atoms with Gasteiger partial charge in [0.2, 0.25) is 11.8 Å². The first kappa shape index (κ1) is 26.1. The summed E-state index contributed by atoms with van der Waals surface area (Å²) >= 11 is 0. The predicted molar refractivity (Wildman–Crippen MR) is 120 cm³/mol. The van der Waals surface area contributed by atoms with Crippen molar-refractivity contribution in [3.63, 3.8) is 0 Å². The van der Waals surface area contributed by atoms with Crippen molar-refractivity contribution < 1.29 is 14.3 Å². The van der Waals surface area contributed by atoms with Gasteiger partial charge >= 0.3 is 0 Å². The van der Waals surface area contributed by atoms with Crippen LogP contribution < -0.4 is 0 Å². The third kappa shape index (κ3) is 5.42. The van der Waals surface area contributed by atoms with Gasteiger partial charge in [-0.25, -0.2) is 0 Å². The molecule has 1 aliphatic rings. The van der Waals surface area contributed by atoms with Crippen LogP contribution in [0.4, 0.5) is 0 Å². The van der Waals surface area contributed by atoms with Gasteiger partial charge in [0.05, 0.1) is 17.9 Å². The molecule has 0 aromatic heterocycles. The number of hydrogen-bond acceptors (Lipinski definition) is 3. The molecule has 1 rings (SSSR count). The summed E-state index contributed by atoms with van der Waals surface area (Å²) in [4.78, 5) is 27.9. The van der Waals surface area contributed by atoms with Crippen molar-refractivity contribution in [1.82, 2.24) is 4.90 Å². The molecule has 0 N–H and O–H groups in total. The number of nitrogens with zero attached hydrogens (tertiary/aromatic N) is 1. The maximum Gasteiger partial charge on any atom is 0.233 e. The Kier molecular flexibility index (Phi) is 8.55. The highest BCUT2D eigenvalue weighted by Crippen LogP contribution is 2.55. The number of hydrogen-bond donors (Lipinski definition) is 0. The van der Waals surface area contributed by atoms with Crippen LogP contribution in [0.25, 0.3) is 0 Å². The van der Waals surface area contributed by atoms with Crippen LogP contribution in [0.15, 0.2) is 0 Å². The lowest BCUT2D eigenvalue weighted by molar-refractivity contribution is -0.149. The third-order valence-electron chi connectivity index (χ3n) is 7.33. The summed E-state index contributed by atoms with van der Waals surface area (Å²) in [5, 5.41) is 0. The number of carbonyl (C=O) groups excluding carboxylic acids is 2. The van der Waals surface area contributed by atoms with E-state index in [4.69, 9.17) is 4.74 Å². The van der Waals surface area contributed by atoms with Gasteiger partial charge in [0.15, 0.2) is 0 Å². The minimum Gasteiger partial charge on any atom is -0.378 e. The summed E-state index contributed by atoms with van der Waals surface area (Å²) in [5.74, 6) is -0.451. The fourth-order valence-electron chi connectivity index (χ4n) is 4.76. The van der Waals surface area contributed by atoms with Gasteiger partial charge in [-0.3, -0.25) is 14.5 Å². The van der Waals surface area contributed by atoms with Gasteiger partial charge in [0, 0.05) is 13.2 Å². The lowest BCUT2D eigenvalue weighted by Gasteiger charge is -2.51. The predicted octanol–water partition coefficient (Wildman–Crippen LogP) is 5.94. The van der Waals surface area contributed by atoms with E-state index in [0.717, 1.165) is 25.9 Å². The van der Waals surface area contributed by atoms with Crippen LogP contribution in [0.1, 0.15) is 95.4 Å². The van der Waals surface area contributed by atoms with E-state index >= 15 is 0 Å². The second kappa shape index (κ2) is 9.49. The molecule has 1 aliphatic heterocycles. The molecule has 0 saturated carbocycles. The van der Waals surface area contributed by atoms with Crippen LogP contribution in [0, 0.1) is 34.0 Å². The zero-order chi connectivity index (χ0) is 22.8. The molecule has 0 spiro atoms. The monoisotopic (exact) mass is 409 g/mol. The summed E-state index contributed by atoms with van der Waals surface area (Å²) in [5.41, 5.74) is -0.543. The van der Waals surface area contributed by atoms with Crippen molar-refractivity contribution in [3.05, 3.63) is 0 Å². The molecule has 4 nitrogen and oxygen atoms in total. The first-order valence-electron chi connectivity index (χ1n) is 11.6. The van der Waals surface area contributed by atoms with Gasteiger partial charge in [-0.2, -0.15) is 0 Å². The number of rotatable bonds is 10. The molecule has 4 heteroatoms. The van der Waals surface area contributed by atoms with E-state index in [9.17, 15) is 9.59 Å². The topological polar surface area (TPSA) is 46.6 Å². The first-order valence-corrected chi connectivity index (χ1v) is 11.6. The van der Waals surface area contributed by atoms with E-state index in [0.29, 0.717) is 6.54 Å². The van der Waals surface area contributed by atoms with Gasteiger partial charge in [-0.05, 0) is 41.9 Å². The Morgan fingerprint density at radius 2 is 1.52 bits per heavy atom. The summed E-state index contributed by atoms with van der Waals surface area (Å²) in [6, 6.07) is 0. The fraction of sp³-hybridized carbons (Fsp3) is 0.920.